The molecule has 134 valence electrons. The van der Waals surface area contributed by atoms with Crippen molar-refractivity contribution in [1.29, 1.82) is 0 Å². The number of H-pyrrole nitrogens is 1. The summed E-state index contributed by atoms with van der Waals surface area (Å²) in [4.78, 5) is 32.9. The Kier molecular flexibility index (Phi) is 5.41. The number of halogens is 2. The largest absolute Gasteiger partial charge is 0.309 e. The highest BCUT2D eigenvalue weighted by molar-refractivity contribution is 7.18. The number of aromatic nitrogens is 2. The fourth-order valence-corrected chi connectivity index (χ4v) is 3.86. The molecule has 0 atom stereocenters. The van der Waals surface area contributed by atoms with Gasteiger partial charge in [0.05, 0.1) is 23.0 Å². The van der Waals surface area contributed by atoms with E-state index in [1.54, 1.807) is 18.2 Å². The van der Waals surface area contributed by atoms with Crippen molar-refractivity contribution in [2.45, 2.75) is 20.3 Å². The molecule has 1 amide bonds. The van der Waals surface area contributed by atoms with Crippen LogP contribution in [-0.2, 0) is 11.2 Å². The molecule has 0 bridgehead atoms. The lowest BCUT2D eigenvalue weighted by Gasteiger charge is -2.01. The molecule has 0 radical (unpaired) electrons. The third-order valence-corrected chi connectivity index (χ3v) is 5.44. The van der Waals surface area contributed by atoms with E-state index in [2.05, 4.69) is 20.5 Å². The van der Waals surface area contributed by atoms with E-state index in [1.165, 1.54) is 17.6 Å². The first-order valence-electron chi connectivity index (χ1n) is 7.61. The van der Waals surface area contributed by atoms with Crippen LogP contribution in [0.5, 0.6) is 0 Å². The number of rotatable bonds is 4. The number of amides is 1. The minimum Gasteiger partial charge on any atom is -0.309 e. The highest BCUT2D eigenvalue weighted by Crippen LogP contribution is 2.25. The van der Waals surface area contributed by atoms with E-state index in [-0.39, 0.29) is 12.0 Å². The predicted octanol–water partition coefficient (Wildman–Crippen LogP) is 3.60. The van der Waals surface area contributed by atoms with Crippen LogP contribution >= 0.6 is 34.5 Å². The lowest BCUT2D eigenvalue weighted by atomic mass is 10.2. The normalized spacial score (nSPS) is 11.4. The number of carbonyl (C=O) groups excluding carboxylic acids is 1. The van der Waals surface area contributed by atoms with Crippen LogP contribution in [0.3, 0.4) is 0 Å². The summed E-state index contributed by atoms with van der Waals surface area (Å²) in [6.07, 6.45) is 1.33. The van der Waals surface area contributed by atoms with Crippen LogP contribution in [0.25, 0.3) is 10.2 Å². The molecular weight excluding hydrogens is 395 g/mol. The number of nitrogens with one attached hydrogen (secondary N) is 2. The van der Waals surface area contributed by atoms with Crippen molar-refractivity contribution < 1.29 is 4.79 Å². The molecule has 0 fully saturated rings. The van der Waals surface area contributed by atoms with Crippen LogP contribution in [0.1, 0.15) is 21.8 Å². The molecule has 0 aliphatic carbocycles. The first-order valence-corrected chi connectivity index (χ1v) is 9.18. The second kappa shape index (κ2) is 7.57. The van der Waals surface area contributed by atoms with Gasteiger partial charge >= 0.3 is 0 Å². The number of hydrogen-bond acceptors (Lipinski definition) is 5. The summed E-state index contributed by atoms with van der Waals surface area (Å²) in [5.41, 5.74) is 3.68. The molecule has 26 heavy (non-hydrogen) atoms. The molecule has 2 heterocycles. The molecule has 0 saturated carbocycles. The number of aryl methyl sites for hydroxylation is 2. The summed E-state index contributed by atoms with van der Waals surface area (Å²) >= 11 is 13.3. The summed E-state index contributed by atoms with van der Waals surface area (Å²) in [5, 5.41) is 5.38. The van der Waals surface area contributed by atoms with Gasteiger partial charge in [-0.25, -0.2) is 10.4 Å². The maximum atomic E-state index is 12.2. The van der Waals surface area contributed by atoms with Gasteiger partial charge in [0, 0.05) is 15.5 Å². The molecule has 0 saturated heterocycles. The van der Waals surface area contributed by atoms with Crippen molar-refractivity contribution in [1.82, 2.24) is 15.4 Å². The van der Waals surface area contributed by atoms with Crippen molar-refractivity contribution in [3.8, 4) is 0 Å². The molecule has 6 nitrogen and oxygen atoms in total. The number of thiophene rings is 1. The van der Waals surface area contributed by atoms with Crippen LogP contribution in [0.15, 0.2) is 28.1 Å². The standard InChI is InChI=1S/C17H14Cl2N4O2S/c1-8-9(2)26-17-15(8)16(25)21-13(22-17)6-14(24)23-20-7-10-3-4-11(18)5-12(10)19/h3-5,7H,6H2,1-2H3,(H,23,24)(H,21,22,25)/b20-7+. The number of carbonyl (C=O) groups is 1. The topological polar surface area (TPSA) is 87.2 Å². The van der Waals surface area contributed by atoms with Gasteiger partial charge in [-0.3, -0.25) is 9.59 Å². The number of nitrogens with zero attached hydrogens (tertiary/aromatic N) is 2. The van der Waals surface area contributed by atoms with Crippen molar-refractivity contribution >= 4 is 56.9 Å². The molecule has 0 aliphatic heterocycles. The van der Waals surface area contributed by atoms with Crippen molar-refractivity contribution in [2.75, 3.05) is 0 Å². The van der Waals surface area contributed by atoms with Gasteiger partial charge in [-0.2, -0.15) is 5.10 Å². The van der Waals surface area contributed by atoms with E-state index >= 15 is 0 Å². The maximum absolute atomic E-state index is 12.2. The van der Waals surface area contributed by atoms with E-state index < -0.39 is 5.91 Å². The number of hydrazone groups is 1. The summed E-state index contributed by atoms with van der Waals surface area (Å²) < 4.78 is 0. The zero-order valence-corrected chi connectivity index (χ0v) is 16.2. The molecular formula is C17H14Cl2N4O2S. The zero-order valence-electron chi connectivity index (χ0n) is 13.9. The SMILES string of the molecule is Cc1sc2nc(CC(=O)N/N=C/c3ccc(Cl)cc3Cl)[nH]c(=O)c2c1C. The van der Waals surface area contributed by atoms with E-state index in [0.717, 1.165) is 10.4 Å². The van der Waals surface area contributed by atoms with Crippen LogP contribution in [0, 0.1) is 13.8 Å². The summed E-state index contributed by atoms with van der Waals surface area (Å²) in [7, 11) is 0. The first kappa shape index (κ1) is 18.6. The first-order chi connectivity index (χ1) is 12.3. The minimum absolute atomic E-state index is 0.0904. The molecule has 0 aliphatic rings. The Morgan fingerprint density at radius 2 is 2.15 bits per heavy atom. The minimum atomic E-state index is -0.404. The number of aromatic amines is 1. The van der Waals surface area contributed by atoms with Gasteiger partial charge in [0.25, 0.3) is 5.56 Å². The lowest BCUT2D eigenvalue weighted by Crippen LogP contribution is -2.23. The Morgan fingerprint density at radius 3 is 2.88 bits per heavy atom. The lowest BCUT2D eigenvalue weighted by molar-refractivity contribution is -0.120. The quantitative estimate of drug-likeness (QED) is 0.510. The van der Waals surface area contributed by atoms with Crippen LogP contribution < -0.4 is 11.0 Å². The Bertz CT molecular complexity index is 1090. The molecule has 2 aromatic heterocycles. The van der Waals surface area contributed by atoms with Gasteiger partial charge in [-0.1, -0.05) is 29.3 Å². The zero-order chi connectivity index (χ0) is 18.8. The monoisotopic (exact) mass is 408 g/mol. The Morgan fingerprint density at radius 1 is 1.38 bits per heavy atom. The van der Waals surface area contributed by atoms with Crippen LogP contribution in [0.2, 0.25) is 10.0 Å². The van der Waals surface area contributed by atoms with Crippen molar-refractivity contribution in [3.05, 3.63) is 60.4 Å². The Balaban J connectivity index is 1.71. The van der Waals surface area contributed by atoms with Gasteiger partial charge in [-0.15, -0.1) is 11.3 Å². The fraction of sp³-hybridized carbons (Fsp3) is 0.176. The third-order valence-electron chi connectivity index (χ3n) is 3.77. The summed E-state index contributed by atoms with van der Waals surface area (Å²) in [6, 6.07) is 4.95. The van der Waals surface area contributed by atoms with Crippen LogP contribution in [0.4, 0.5) is 0 Å². The predicted molar refractivity (Wildman–Crippen MR) is 106 cm³/mol. The van der Waals surface area contributed by atoms with Gasteiger partial charge in [0.2, 0.25) is 5.91 Å². The average molecular weight is 409 g/mol. The van der Waals surface area contributed by atoms with E-state index in [9.17, 15) is 9.59 Å². The molecule has 9 heteroatoms. The van der Waals surface area contributed by atoms with Crippen LogP contribution in [-0.4, -0.2) is 22.1 Å². The van der Waals surface area contributed by atoms with E-state index in [1.807, 2.05) is 13.8 Å². The summed E-state index contributed by atoms with van der Waals surface area (Å²) in [5.74, 6) is -0.111. The van der Waals surface area contributed by atoms with Gasteiger partial charge < -0.3 is 4.98 Å². The molecule has 1 aromatic carbocycles. The second-order valence-corrected chi connectivity index (χ2v) is 7.66. The Labute approximate surface area is 162 Å². The smallest absolute Gasteiger partial charge is 0.259 e. The molecule has 3 rings (SSSR count). The van der Waals surface area contributed by atoms with Gasteiger partial charge in [-0.05, 0) is 31.5 Å². The highest BCUT2D eigenvalue weighted by atomic mass is 35.5. The van der Waals surface area contributed by atoms with Crippen molar-refractivity contribution in [3.63, 3.8) is 0 Å². The Hall–Kier alpha value is -2.22. The number of hydrogen-bond donors (Lipinski definition) is 2. The van der Waals surface area contributed by atoms with Gasteiger partial charge in [0.15, 0.2) is 0 Å². The number of fused-ring (bicyclic) bond motifs is 1. The molecule has 0 spiro atoms. The molecule has 2 N–H and O–H groups in total. The van der Waals surface area contributed by atoms with E-state index in [4.69, 9.17) is 23.2 Å². The number of benzene rings is 1. The average Bonchev–Trinajstić information content (AvgIpc) is 2.84. The maximum Gasteiger partial charge on any atom is 0.259 e. The van der Waals surface area contributed by atoms with Gasteiger partial charge in [0.1, 0.15) is 10.7 Å². The molecule has 0 unspecified atom stereocenters. The van der Waals surface area contributed by atoms with Crippen molar-refractivity contribution in [2.24, 2.45) is 5.10 Å². The second-order valence-electron chi connectivity index (χ2n) is 5.61. The third kappa shape index (κ3) is 3.95. The molecule has 3 aromatic rings. The fourth-order valence-electron chi connectivity index (χ4n) is 2.35. The summed E-state index contributed by atoms with van der Waals surface area (Å²) in [6.45, 7) is 3.82. The van der Waals surface area contributed by atoms with E-state index in [0.29, 0.717) is 31.6 Å². The highest BCUT2D eigenvalue weighted by Gasteiger charge is 2.13.